The van der Waals surface area contributed by atoms with Gasteiger partial charge in [0, 0.05) is 13.0 Å². The minimum atomic E-state index is -0.741. The van der Waals surface area contributed by atoms with E-state index in [1.807, 2.05) is 0 Å². The van der Waals surface area contributed by atoms with Gasteiger partial charge in [-0.3, -0.25) is 4.79 Å². The van der Waals surface area contributed by atoms with Gasteiger partial charge in [0.05, 0.1) is 6.10 Å². The second kappa shape index (κ2) is 6.80. The summed E-state index contributed by atoms with van der Waals surface area (Å²) < 4.78 is 0. The van der Waals surface area contributed by atoms with Crippen molar-refractivity contribution in [3.8, 4) is 0 Å². The average molecular weight is 215 g/mol. The van der Waals surface area contributed by atoms with Crippen molar-refractivity contribution in [2.45, 2.75) is 44.6 Å². The van der Waals surface area contributed by atoms with Crippen LogP contribution in [0.5, 0.6) is 0 Å². The summed E-state index contributed by atoms with van der Waals surface area (Å²) in [5.41, 5.74) is 0. The first-order chi connectivity index (χ1) is 7.20. The fourth-order valence-corrected chi connectivity index (χ4v) is 2.08. The number of carbonyl (C=O) groups is 1. The van der Waals surface area contributed by atoms with E-state index < -0.39 is 5.97 Å². The fraction of sp³-hybridized carbons (Fsp3) is 0.909. The van der Waals surface area contributed by atoms with Crippen LogP contribution in [0.3, 0.4) is 0 Å². The summed E-state index contributed by atoms with van der Waals surface area (Å²) >= 11 is 0. The third-order valence-corrected chi connectivity index (χ3v) is 3.02. The Morgan fingerprint density at radius 3 is 2.73 bits per heavy atom. The Labute approximate surface area is 90.7 Å². The molecule has 1 fully saturated rings. The van der Waals surface area contributed by atoms with Crippen LogP contribution in [0.25, 0.3) is 0 Å². The van der Waals surface area contributed by atoms with Gasteiger partial charge in [0.1, 0.15) is 0 Å². The van der Waals surface area contributed by atoms with Crippen molar-refractivity contribution >= 4 is 5.97 Å². The first kappa shape index (κ1) is 12.5. The fourth-order valence-electron chi connectivity index (χ4n) is 2.08. The van der Waals surface area contributed by atoms with Crippen molar-refractivity contribution in [3.63, 3.8) is 0 Å². The number of aliphatic hydroxyl groups is 1. The highest BCUT2D eigenvalue weighted by Crippen LogP contribution is 2.23. The molecule has 0 bridgehead atoms. The number of aliphatic hydroxyl groups excluding tert-OH is 1. The molecular weight excluding hydrogens is 194 g/mol. The maximum atomic E-state index is 10.2. The van der Waals surface area contributed by atoms with Crippen molar-refractivity contribution in [1.82, 2.24) is 5.32 Å². The number of hydrogen-bond acceptors (Lipinski definition) is 3. The molecule has 0 saturated heterocycles. The maximum Gasteiger partial charge on any atom is 0.303 e. The third kappa shape index (κ3) is 5.14. The zero-order valence-corrected chi connectivity index (χ0v) is 9.11. The smallest absolute Gasteiger partial charge is 0.303 e. The molecule has 3 N–H and O–H groups in total. The van der Waals surface area contributed by atoms with E-state index in [1.165, 1.54) is 6.42 Å². The second-order valence-electron chi connectivity index (χ2n) is 4.31. The molecular formula is C11H21NO3. The van der Waals surface area contributed by atoms with Crippen LogP contribution in [0.2, 0.25) is 0 Å². The molecule has 0 heterocycles. The topological polar surface area (TPSA) is 69.6 Å². The van der Waals surface area contributed by atoms with Crippen LogP contribution >= 0.6 is 0 Å². The van der Waals surface area contributed by atoms with E-state index in [0.29, 0.717) is 12.3 Å². The van der Waals surface area contributed by atoms with Gasteiger partial charge >= 0.3 is 5.97 Å². The molecule has 0 spiro atoms. The Morgan fingerprint density at radius 2 is 2.07 bits per heavy atom. The highest BCUT2D eigenvalue weighted by molar-refractivity contribution is 5.66. The van der Waals surface area contributed by atoms with Gasteiger partial charge in [-0.2, -0.15) is 0 Å². The molecule has 2 atom stereocenters. The number of rotatable bonds is 6. The largest absolute Gasteiger partial charge is 0.481 e. The summed E-state index contributed by atoms with van der Waals surface area (Å²) in [5, 5.41) is 21.3. The normalized spacial score (nSPS) is 26.5. The minimum absolute atomic E-state index is 0.161. The molecule has 1 rings (SSSR count). The molecule has 88 valence electrons. The van der Waals surface area contributed by atoms with Crippen molar-refractivity contribution < 1.29 is 15.0 Å². The summed E-state index contributed by atoms with van der Waals surface area (Å²) in [6, 6.07) is 0. The second-order valence-corrected chi connectivity index (χ2v) is 4.31. The SMILES string of the molecule is O=C(O)CCCNCC1CCCCC1O. The molecule has 0 aromatic heterocycles. The predicted octanol–water partition coefficient (Wildman–Crippen LogP) is 0.992. The molecule has 0 aromatic rings. The van der Waals surface area contributed by atoms with E-state index in [2.05, 4.69) is 5.32 Å². The van der Waals surface area contributed by atoms with Crippen molar-refractivity contribution in [3.05, 3.63) is 0 Å². The van der Waals surface area contributed by atoms with Gasteiger partial charge in [0.25, 0.3) is 0 Å². The molecule has 0 aromatic carbocycles. The lowest BCUT2D eigenvalue weighted by atomic mass is 9.86. The predicted molar refractivity (Wildman–Crippen MR) is 57.7 cm³/mol. The molecule has 0 amide bonds. The van der Waals surface area contributed by atoms with Gasteiger partial charge in [-0.05, 0) is 31.7 Å². The first-order valence-electron chi connectivity index (χ1n) is 5.80. The highest BCUT2D eigenvalue weighted by atomic mass is 16.4. The van der Waals surface area contributed by atoms with E-state index in [1.54, 1.807) is 0 Å². The van der Waals surface area contributed by atoms with Crippen LogP contribution in [-0.4, -0.2) is 35.4 Å². The van der Waals surface area contributed by atoms with Gasteiger partial charge in [-0.25, -0.2) is 0 Å². The van der Waals surface area contributed by atoms with Gasteiger partial charge in [0.2, 0.25) is 0 Å². The van der Waals surface area contributed by atoms with E-state index in [-0.39, 0.29) is 12.5 Å². The quantitative estimate of drug-likeness (QED) is 0.578. The van der Waals surface area contributed by atoms with Crippen LogP contribution in [0.15, 0.2) is 0 Å². The van der Waals surface area contributed by atoms with Crippen LogP contribution in [-0.2, 0) is 4.79 Å². The number of carboxylic acid groups (broad SMARTS) is 1. The Kier molecular flexibility index (Phi) is 5.65. The van der Waals surface area contributed by atoms with Crippen LogP contribution in [0, 0.1) is 5.92 Å². The van der Waals surface area contributed by atoms with Crippen molar-refractivity contribution in [2.24, 2.45) is 5.92 Å². The Balaban J connectivity index is 2.01. The summed E-state index contributed by atoms with van der Waals surface area (Å²) in [5.74, 6) is -0.377. The van der Waals surface area contributed by atoms with Crippen LogP contribution < -0.4 is 5.32 Å². The average Bonchev–Trinajstić information content (AvgIpc) is 2.20. The van der Waals surface area contributed by atoms with Gasteiger partial charge in [0.15, 0.2) is 0 Å². The van der Waals surface area contributed by atoms with Gasteiger partial charge in [-0.15, -0.1) is 0 Å². The van der Waals surface area contributed by atoms with Crippen LogP contribution in [0.1, 0.15) is 38.5 Å². The van der Waals surface area contributed by atoms with E-state index in [0.717, 1.165) is 32.4 Å². The Hall–Kier alpha value is -0.610. The third-order valence-electron chi connectivity index (χ3n) is 3.02. The molecule has 0 aliphatic heterocycles. The molecule has 4 nitrogen and oxygen atoms in total. The van der Waals surface area contributed by atoms with E-state index in [4.69, 9.17) is 5.11 Å². The molecule has 1 saturated carbocycles. The first-order valence-corrected chi connectivity index (χ1v) is 5.80. The van der Waals surface area contributed by atoms with E-state index >= 15 is 0 Å². The monoisotopic (exact) mass is 215 g/mol. The van der Waals surface area contributed by atoms with Gasteiger partial charge in [-0.1, -0.05) is 12.8 Å². The number of nitrogens with one attached hydrogen (secondary N) is 1. The maximum absolute atomic E-state index is 10.2. The highest BCUT2D eigenvalue weighted by Gasteiger charge is 2.22. The minimum Gasteiger partial charge on any atom is -0.481 e. The lowest BCUT2D eigenvalue weighted by Crippen LogP contribution is -2.34. The summed E-state index contributed by atoms with van der Waals surface area (Å²) in [7, 11) is 0. The van der Waals surface area contributed by atoms with Gasteiger partial charge < -0.3 is 15.5 Å². The van der Waals surface area contributed by atoms with Crippen LogP contribution in [0.4, 0.5) is 0 Å². The zero-order valence-electron chi connectivity index (χ0n) is 9.11. The molecule has 0 radical (unpaired) electrons. The summed E-state index contributed by atoms with van der Waals surface area (Å²) in [6.07, 6.45) is 5.08. The molecule has 1 aliphatic rings. The molecule has 1 aliphatic carbocycles. The molecule has 2 unspecified atom stereocenters. The Morgan fingerprint density at radius 1 is 1.33 bits per heavy atom. The number of hydrogen-bond donors (Lipinski definition) is 3. The standard InChI is InChI=1S/C11H21NO3/c13-10-5-2-1-4-9(10)8-12-7-3-6-11(14)15/h9-10,12-13H,1-8H2,(H,14,15). The molecule has 4 heteroatoms. The summed E-state index contributed by atoms with van der Waals surface area (Å²) in [4.78, 5) is 10.2. The molecule has 15 heavy (non-hydrogen) atoms. The van der Waals surface area contributed by atoms with Crippen molar-refractivity contribution in [1.29, 1.82) is 0 Å². The van der Waals surface area contributed by atoms with Crippen molar-refractivity contribution in [2.75, 3.05) is 13.1 Å². The summed E-state index contributed by atoms with van der Waals surface area (Å²) in [6.45, 7) is 1.55. The number of aliphatic carboxylic acids is 1. The lowest BCUT2D eigenvalue weighted by Gasteiger charge is -2.27. The van der Waals surface area contributed by atoms with E-state index in [9.17, 15) is 9.90 Å². The number of carboxylic acids is 1. The zero-order chi connectivity index (χ0) is 11.1. The lowest BCUT2D eigenvalue weighted by molar-refractivity contribution is -0.137. The Bertz CT molecular complexity index is 196.